The first-order valence-corrected chi connectivity index (χ1v) is 4.07. The third kappa shape index (κ3) is 7.12. The van der Waals surface area contributed by atoms with E-state index in [1.54, 1.807) is 6.08 Å². The average Bonchev–Trinajstić information content (AvgIpc) is 2.01. The molecule has 3 heteroatoms. The predicted octanol–water partition coefficient (Wildman–Crippen LogP) is 2.37. The van der Waals surface area contributed by atoms with E-state index >= 15 is 0 Å². The Bertz CT molecular complexity index is 150. The number of ether oxygens (including phenoxy) is 2. The molecular weight excluding hydrogens is 156 g/mol. The third-order valence-electron chi connectivity index (χ3n) is 1.07. The van der Waals surface area contributed by atoms with Gasteiger partial charge in [0.25, 0.3) is 0 Å². The first-order chi connectivity index (χ1) is 5.66. The van der Waals surface area contributed by atoms with Gasteiger partial charge in [0.05, 0.1) is 6.61 Å². The molecule has 0 amide bonds. The summed E-state index contributed by atoms with van der Waals surface area (Å²) in [6.07, 6.45) is 2.97. The highest BCUT2D eigenvalue weighted by Gasteiger charge is 2.02. The quantitative estimate of drug-likeness (QED) is 0.482. The summed E-state index contributed by atoms with van der Waals surface area (Å²) in [6.45, 7) is 6.50. The fraction of sp³-hybridized carbons (Fsp3) is 0.667. The molecule has 0 saturated heterocycles. The lowest BCUT2D eigenvalue weighted by molar-refractivity contribution is 0.0550. The molecule has 0 N–H and O–H groups in total. The molecule has 0 aromatic carbocycles. The average molecular weight is 172 g/mol. The molecule has 0 saturated carbocycles. The number of rotatable bonds is 4. The van der Waals surface area contributed by atoms with E-state index in [9.17, 15) is 4.79 Å². The van der Waals surface area contributed by atoms with Gasteiger partial charge in [-0.15, -0.1) is 0 Å². The van der Waals surface area contributed by atoms with E-state index in [4.69, 9.17) is 4.74 Å². The Morgan fingerprint density at radius 3 is 2.58 bits per heavy atom. The number of allylic oxidation sites excluding steroid dienone is 1. The van der Waals surface area contributed by atoms with E-state index in [0.717, 1.165) is 0 Å². The van der Waals surface area contributed by atoms with Gasteiger partial charge < -0.3 is 9.47 Å². The lowest BCUT2D eigenvalue weighted by atomic mass is 10.2. The minimum Gasteiger partial charge on any atom is -0.434 e. The monoisotopic (exact) mass is 172 g/mol. The number of carbonyl (C=O) groups is 1. The highest BCUT2D eigenvalue weighted by atomic mass is 16.7. The van der Waals surface area contributed by atoms with Crippen LogP contribution in [0.4, 0.5) is 4.79 Å². The van der Waals surface area contributed by atoms with Crippen LogP contribution in [0.1, 0.15) is 20.8 Å². The van der Waals surface area contributed by atoms with Crippen molar-refractivity contribution in [1.29, 1.82) is 0 Å². The topological polar surface area (TPSA) is 35.5 Å². The number of hydrogen-bond acceptors (Lipinski definition) is 3. The van der Waals surface area contributed by atoms with Crippen LogP contribution in [0.5, 0.6) is 0 Å². The van der Waals surface area contributed by atoms with Crippen LogP contribution in [0.25, 0.3) is 0 Å². The van der Waals surface area contributed by atoms with Crippen molar-refractivity contribution < 1.29 is 14.3 Å². The Morgan fingerprint density at radius 2 is 2.08 bits per heavy atom. The molecule has 0 aliphatic carbocycles. The molecular formula is C9H16O3. The summed E-state index contributed by atoms with van der Waals surface area (Å²) in [5, 5.41) is 0. The minimum absolute atomic E-state index is 0.285. The smallest absolute Gasteiger partial charge is 0.434 e. The molecule has 0 atom stereocenters. The molecule has 0 aliphatic heterocycles. The van der Waals surface area contributed by atoms with Gasteiger partial charge in [0.2, 0.25) is 0 Å². The molecule has 0 unspecified atom stereocenters. The van der Waals surface area contributed by atoms with Crippen LogP contribution in [0.15, 0.2) is 12.2 Å². The van der Waals surface area contributed by atoms with Crippen molar-refractivity contribution in [3.8, 4) is 0 Å². The molecule has 0 radical (unpaired) electrons. The zero-order valence-electron chi connectivity index (χ0n) is 7.87. The van der Waals surface area contributed by atoms with Gasteiger partial charge >= 0.3 is 6.16 Å². The zero-order chi connectivity index (χ0) is 9.40. The van der Waals surface area contributed by atoms with Gasteiger partial charge in [-0.3, -0.25) is 0 Å². The van der Waals surface area contributed by atoms with E-state index in [0.29, 0.717) is 12.5 Å². The predicted molar refractivity (Wildman–Crippen MR) is 47.0 cm³/mol. The molecule has 0 fully saturated rings. The SMILES string of the molecule is C/C=C/COC(=O)OCC(C)C. The van der Waals surface area contributed by atoms with E-state index in [2.05, 4.69) is 4.74 Å². The Morgan fingerprint density at radius 1 is 1.42 bits per heavy atom. The van der Waals surface area contributed by atoms with E-state index < -0.39 is 6.16 Å². The van der Waals surface area contributed by atoms with Crippen molar-refractivity contribution in [2.75, 3.05) is 13.2 Å². The largest absolute Gasteiger partial charge is 0.508 e. The highest BCUT2D eigenvalue weighted by molar-refractivity contribution is 5.59. The first-order valence-electron chi connectivity index (χ1n) is 4.07. The van der Waals surface area contributed by atoms with Gasteiger partial charge in [-0.25, -0.2) is 4.79 Å². The highest BCUT2D eigenvalue weighted by Crippen LogP contribution is 1.94. The maximum absolute atomic E-state index is 10.7. The molecule has 3 nitrogen and oxygen atoms in total. The molecule has 70 valence electrons. The van der Waals surface area contributed by atoms with Crippen molar-refractivity contribution in [1.82, 2.24) is 0 Å². The first kappa shape index (κ1) is 11.0. The second-order valence-corrected chi connectivity index (χ2v) is 2.83. The summed E-state index contributed by atoms with van der Waals surface area (Å²) in [4.78, 5) is 10.7. The third-order valence-corrected chi connectivity index (χ3v) is 1.07. The minimum atomic E-state index is -0.596. The fourth-order valence-corrected chi connectivity index (χ4v) is 0.489. The number of hydrogen-bond donors (Lipinski definition) is 0. The summed E-state index contributed by atoms with van der Waals surface area (Å²) in [5.41, 5.74) is 0. The van der Waals surface area contributed by atoms with Gasteiger partial charge in [-0.1, -0.05) is 26.0 Å². The van der Waals surface area contributed by atoms with Gasteiger partial charge in [0.15, 0.2) is 0 Å². The van der Waals surface area contributed by atoms with Crippen LogP contribution in [0.2, 0.25) is 0 Å². The molecule has 0 heterocycles. The summed E-state index contributed by atoms with van der Waals surface area (Å²) in [7, 11) is 0. The number of carbonyl (C=O) groups excluding carboxylic acids is 1. The summed E-state index contributed by atoms with van der Waals surface area (Å²) in [5.74, 6) is 0.347. The maximum Gasteiger partial charge on any atom is 0.508 e. The Kier molecular flexibility index (Phi) is 6.15. The van der Waals surface area contributed by atoms with E-state index in [-0.39, 0.29) is 6.61 Å². The van der Waals surface area contributed by atoms with Gasteiger partial charge in [0, 0.05) is 0 Å². The Hall–Kier alpha value is -0.990. The summed E-state index contributed by atoms with van der Waals surface area (Å²) in [6, 6.07) is 0. The maximum atomic E-state index is 10.7. The zero-order valence-corrected chi connectivity index (χ0v) is 7.87. The Balaban J connectivity index is 3.34. The molecule has 0 spiro atoms. The molecule has 0 rings (SSSR count). The molecule has 0 aromatic heterocycles. The normalized spacial score (nSPS) is 10.7. The standard InChI is InChI=1S/C9H16O3/c1-4-5-6-11-9(10)12-7-8(2)3/h4-5,8H,6-7H2,1-3H3/b5-4+. The van der Waals surface area contributed by atoms with E-state index in [1.807, 2.05) is 26.8 Å². The lowest BCUT2D eigenvalue weighted by Gasteiger charge is -2.05. The van der Waals surface area contributed by atoms with Crippen LogP contribution >= 0.6 is 0 Å². The second kappa shape index (κ2) is 6.70. The fourth-order valence-electron chi connectivity index (χ4n) is 0.489. The summed E-state index contributed by atoms with van der Waals surface area (Å²) < 4.78 is 9.44. The molecule has 12 heavy (non-hydrogen) atoms. The van der Waals surface area contributed by atoms with Gasteiger partial charge in [-0.05, 0) is 12.8 Å². The van der Waals surface area contributed by atoms with Crippen LogP contribution in [0.3, 0.4) is 0 Å². The van der Waals surface area contributed by atoms with Crippen LogP contribution in [-0.2, 0) is 9.47 Å². The van der Waals surface area contributed by atoms with Crippen molar-refractivity contribution >= 4 is 6.16 Å². The van der Waals surface area contributed by atoms with Crippen molar-refractivity contribution in [3.63, 3.8) is 0 Å². The van der Waals surface area contributed by atoms with Crippen molar-refractivity contribution in [2.45, 2.75) is 20.8 Å². The summed E-state index contributed by atoms with van der Waals surface area (Å²) >= 11 is 0. The second-order valence-electron chi connectivity index (χ2n) is 2.83. The Labute approximate surface area is 73.4 Å². The van der Waals surface area contributed by atoms with Gasteiger partial charge in [-0.2, -0.15) is 0 Å². The van der Waals surface area contributed by atoms with Gasteiger partial charge in [0.1, 0.15) is 6.61 Å². The van der Waals surface area contributed by atoms with Crippen molar-refractivity contribution in [3.05, 3.63) is 12.2 Å². The molecule has 0 aromatic rings. The van der Waals surface area contributed by atoms with Crippen molar-refractivity contribution in [2.24, 2.45) is 5.92 Å². The van der Waals surface area contributed by atoms with E-state index in [1.165, 1.54) is 0 Å². The molecule has 0 aliphatic rings. The van der Waals surface area contributed by atoms with Crippen LogP contribution in [-0.4, -0.2) is 19.4 Å². The lowest BCUT2D eigenvalue weighted by Crippen LogP contribution is -2.11. The van der Waals surface area contributed by atoms with Crippen LogP contribution < -0.4 is 0 Å². The molecule has 0 bridgehead atoms. The van der Waals surface area contributed by atoms with Crippen LogP contribution in [0, 0.1) is 5.92 Å².